The van der Waals surface area contributed by atoms with Gasteiger partial charge in [0, 0.05) is 37.8 Å². The lowest BCUT2D eigenvalue weighted by atomic mass is 10.1. The first-order valence-corrected chi connectivity index (χ1v) is 6.58. The molecule has 3 heterocycles. The van der Waals surface area contributed by atoms with Crippen molar-refractivity contribution in [2.75, 3.05) is 0 Å². The Balaban J connectivity index is 1.86. The summed E-state index contributed by atoms with van der Waals surface area (Å²) in [6.07, 6.45) is 9.99. The molecule has 0 saturated heterocycles. The largest absolute Gasteiger partial charge is 0.449 e. The van der Waals surface area contributed by atoms with Crippen molar-refractivity contribution in [3.8, 4) is 11.5 Å². The fourth-order valence-corrected chi connectivity index (χ4v) is 2.29. The fourth-order valence-electron chi connectivity index (χ4n) is 2.29. The van der Waals surface area contributed by atoms with Crippen molar-refractivity contribution >= 4 is 0 Å². The molecule has 0 fully saturated rings. The third-order valence-corrected chi connectivity index (χ3v) is 3.25. The lowest BCUT2D eigenvalue weighted by molar-refractivity contribution is 0.521. The van der Waals surface area contributed by atoms with Crippen molar-refractivity contribution < 1.29 is 4.42 Å². The quantitative estimate of drug-likeness (QED) is 0.729. The molecule has 0 saturated carbocycles. The molecule has 3 aromatic rings. The zero-order valence-electron chi connectivity index (χ0n) is 11.5. The lowest BCUT2D eigenvalue weighted by Gasteiger charge is -2.15. The highest BCUT2D eigenvalue weighted by atomic mass is 16.3. The van der Waals surface area contributed by atoms with E-state index in [2.05, 4.69) is 32.5 Å². The van der Waals surface area contributed by atoms with Crippen molar-refractivity contribution in [2.24, 2.45) is 0 Å². The van der Waals surface area contributed by atoms with Gasteiger partial charge in [0.05, 0.1) is 0 Å². The number of rotatable bonds is 4. The number of imidazole rings is 1. The van der Waals surface area contributed by atoms with Crippen LogP contribution in [0, 0.1) is 6.92 Å². The summed E-state index contributed by atoms with van der Waals surface area (Å²) < 4.78 is 7.38. The third kappa shape index (κ3) is 2.47. The van der Waals surface area contributed by atoms with Crippen LogP contribution < -0.4 is 0 Å². The Morgan fingerprint density at radius 3 is 2.95 bits per heavy atom. The number of pyridine rings is 1. The predicted molar refractivity (Wildman–Crippen MR) is 75.1 cm³/mol. The second-order valence-corrected chi connectivity index (χ2v) is 4.82. The number of oxazole rings is 1. The van der Waals surface area contributed by atoms with Crippen LogP contribution in [0.2, 0.25) is 0 Å². The minimum absolute atomic E-state index is 0.272. The Morgan fingerprint density at radius 1 is 1.35 bits per heavy atom. The molecule has 3 rings (SSSR count). The number of nitrogens with zero attached hydrogens (tertiary/aromatic N) is 4. The van der Waals surface area contributed by atoms with Gasteiger partial charge in [-0.1, -0.05) is 6.07 Å². The van der Waals surface area contributed by atoms with Gasteiger partial charge in [0.2, 0.25) is 0 Å². The molecule has 0 unspecified atom stereocenters. The standard InChI is InChI=1S/C15H16N4O/c1-11(8-13-4-3-5-16-9-13)19-7-6-17-15(19)14-10-20-12(2)18-14/h3-7,9-11H,8H2,1-2H3/t11-/m1/s1. The predicted octanol–water partition coefficient (Wildman–Crippen LogP) is 3.05. The fraction of sp³-hybridized carbons (Fsp3) is 0.267. The van der Waals surface area contributed by atoms with E-state index in [9.17, 15) is 0 Å². The van der Waals surface area contributed by atoms with Gasteiger partial charge in [-0.3, -0.25) is 4.98 Å². The van der Waals surface area contributed by atoms with E-state index in [0.717, 1.165) is 17.9 Å². The minimum Gasteiger partial charge on any atom is -0.449 e. The van der Waals surface area contributed by atoms with Crippen LogP contribution in [0.15, 0.2) is 47.6 Å². The smallest absolute Gasteiger partial charge is 0.191 e. The van der Waals surface area contributed by atoms with Gasteiger partial charge in [-0.15, -0.1) is 0 Å². The Morgan fingerprint density at radius 2 is 2.25 bits per heavy atom. The molecule has 0 aromatic carbocycles. The van der Waals surface area contributed by atoms with E-state index in [1.54, 1.807) is 18.7 Å². The Labute approximate surface area is 117 Å². The van der Waals surface area contributed by atoms with E-state index >= 15 is 0 Å². The van der Waals surface area contributed by atoms with Crippen LogP contribution >= 0.6 is 0 Å². The van der Waals surface area contributed by atoms with E-state index < -0.39 is 0 Å². The molecule has 1 atom stereocenters. The summed E-state index contributed by atoms with van der Waals surface area (Å²) in [5.41, 5.74) is 1.97. The first-order valence-electron chi connectivity index (χ1n) is 6.58. The van der Waals surface area contributed by atoms with Crippen molar-refractivity contribution in [1.29, 1.82) is 0 Å². The number of hydrogen-bond donors (Lipinski definition) is 0. The van der Waals surface area contributed by atoms with Gasteiger partial charge in [-0.05, 0) is 25.0 Å². The number of aromatic nitrogens is 4. The highest BCUT2D eigenvalue weighted by Gasteiger charge is 2.15. The Hall–Kier alpha value is -2.43. The van der Waals surface area contributed by atoms with Crippen molar-refractivity contribution in [2.45, 2.75) is 26.3 Å². The molecule has 0 aliphatic rings. The Bertz CT molecular complexity index is 687. The first kappa shape index (κ1) is 12.6. The van der Waals surface area contributed by atoms with Crippen LogP contribution in [0.25, 0.3) is 11.5 Å². The average molecular weight is 268 g/mol. The molecule has 102 valence electrons. The number of hydrogen-bond acceptors (Lipinski definition) is 4. The van der Waals surface area contributed by atoms with Gasteiger partial charge in [0.15, 0.2) is 11.7 Å². The maximum absolute atomic E-state index is 5.27. The van der Waals surface area contributed by atoms with Gasteiger partial charge in [0.1, 0.15) is 12.0 Å². The summed E-state index contributed by atoms with van der Waals surface area (Å²) in [4.78, 5) is 12.9. The van der Waals surface area contributed by atoms with E-state index in [1.807, 2.05) is 25.4 Å². The maximum Gasteiger partial charge on any atom is 0.191 e. The van der Waals surface area contributed by atoms with Crippen LogP contribution in [0.1, 0.15) is 24.4 Å². The molecule has 0 bridgehead atoms. The van der Waals surface area contributed by atoms with Crippen molar-refractivity contribution in [1.82, 2.24) is 19.5 Å². The Kier molecular flexibility index (Phi) is 3.33. The summed E-state index contributed by atoms with van der Waals surface area (Å²) in [6, 6.07) is 4.31. The summed E-state index contributed by atoms with van der Waals surface area (Å²) in [7, 11) is 0. The molecule has 3 aromatic heterocycles. The van der Waals surface area contributed by atoms with Gasteiger partial charge in [-0.25, -0.2) is 9.97 Å². The second-order valence-electron chi connectivity index (χ2n) is 4.82. The molecule has 0 aliphatic carbocycles. The van der Waals surface area contributed by atoms with Crippen LogP contribution in [-0.4, -0.2) is 19.5 Å². The van der Waals surface area contributed by atoms with Crippen LogP contribution in [0.3, 0.4) is 0 Å². The van der Waals surface area contributed by atoms with Crippen LogP contribution in [0.5, 0.6) is 0 Å². The highest BCUT2D eigenvalue weighted by molar-refractivity contribution is 5.48. The summed E-state index contributed by atoms with van der Waals surface area (Å²) >= 11 is 0. The molecule has 0 spiro atoms. The molecular formula is C15H16N4O. The normalized spacial score (nSPS) is 12.5. The molecule has 0 aliphatic heterocycles. The molecule has 5 nitrogen and oxygen atoms in total. The molecule has 0 radical (unpaired) electrons. The summed E-state index contributed by atoms with van der Waals surface area (Å²) in [5.74, 6) is 1.48. The summed E-state index contributed by atoms with van der Waals surface area (Å²) in [5, 5.41) is 0. The second kappa shape index (κ2) is 5.28. The van der Waals surface area contributed by atoms with E-state index in [-0.39, 0.29) is 6.04 Å². The van der Waals surface area contributed by atoms with Gasteiger partial charge >= 0.3 is 0 Å². The molecule has 0 amide bonds. The molecular weight excluding hydrogens is 252 g/mol. The van der Waals surface area contributed by atoms with E-state index in [4.69, 9.17) is 4.42 Å². The zero-order valence-corrected chi connectivity index (χ0v) is 11.5. The van der Waals surface area contributed by atoms with Gasteiger partial charge in [-0.2, -0.15) is 0 Å². The molecule has 0 N–H and O–H groups in total. The number of aryl methyl sites for hydroxylation is 1. The summed E-state index contributed by atoms with van der Waals surface area (Å²) in [6.45, 7) is 3.99. The molecule has 20 heavy (non-hydrogen) atoms. The minimum atomic E-state index is 0.272. The topological polar surface area (TPSA) is 56.7 Å². The van der Waals surface area contributed by atoms with Crippen molar-refractivity contribution in [3.63, 3.8) is 0 Å². The van der Waals surface area contributed by atoms with Crippen LogP contribution in [0.4, 0.5) is 0 Å². The SMILES string of the molecule is Cc1nc(-c2nccn2[C@H](C)Cc2cccnc2)co1. The van der Waals surface area contributed by atoms with E-state index in [0.29, 0.717) is 5.89 Å². The third-order valence-electron chi connectivity index (χ3n) is 3.25. The van der Waals surface area contributed by atoms with Crippen LogP contribution in [-0.2, 0) is 6.42 Å². The average Bonchev–Trinajstić information content (AvgIpc) is 3.08. The van der Waals surface area contributed by atoms with Gasteiger partial charge in [0.25, 0.3) is 0 Å². The maximum atomic E-state index is 5.27. The molecule has 5 heteroatoms. The van der Waals surface area contributed by atoms with Gasteiger partial charge < -0.3 is 8.98 Å². The highest BCUT2D eigenvalue weighted by Crippen LogP contribution is 2.22. The first-order chi connectivity index (χ1) is 9.74. The zero-order chi connectivity index (χ0) is 13.9. The van der Waals surface area contributed by atoms with E-state index in [1.165, 1.54) is 5.56 Å². The monoisotopic (exact) mass is 268 g/mol. The van der Waals surface area contributed by atoms with Crippen molar-refractivity contribution in [3.05, 3.63) is 54.6 Å². The lowest BCUT2D eigenvalue weighted by Crippen LogP contribution is -2.09.